The Bertz CT molecular complexity index is 580. The van der Waals surface area contributed by atoms with Crippen LogP contribution in [0.3, 0.4) is 0 Å². The molecule has 0 atom stereocenters. The summed E-state index contributed by atoms with van der Waals surface area (Å²) in [4.78, 5) is 30.2. The van der Waals surface area contributed by atoms with Crippen molar-refractivity contribution in [2.24, 2.45) is 0 Å². The van der Waals surface area contributed by atoms with Gasteiger partial charge in [0, 0.05) is 0 Å². The molecule has 7 heteroatoms. The molecule has 0 N–H and O–H groups in total. The maximum absolute atomic E-state index is 10.8. The zero-order chi connectivity index (χ0) is 21.8. The Morgan fingerprint density at radius 1 is 0.690 bits per heavy atom. The van der Waals surface area contributed by atoms with E-state index in [1.807, 2.05) is 12.2 Å². The Hall–Kier alpha value is -2.57. The van der Waals surface area contributed by atoms with Crippen LogP contribution < -0.4 is 0 Å². The van der Waals surface area contributed by atoms with E-state index >= 15 is 0 Å². The minimum absolute atomic E-state index is 0.175. The minimum atomic E-state index is -2.70. The van der Waals surface area contributed by atoms with Crippen molar-refractivity contribution in [3.05, 3.63) is 68.8 Å². The second-order valence-corrected chi connectivity index (χ2v) is 6.84. The van der Waals surface area contributed by atoms with Crippen molar-refractivity contribution < 1.29 is 14.6 Å². The molecular weight excluding hydrogens is 372 g/mol. The molecule has 0 aromatic rings. The smallest absolute Gasteiger partial charge is 0.287 e. The van der Waals surface area contributed by atoms with Gasteiger partial charge in [-0.25, -0.2) is 0 Å². The third-order valence-electron chi connectivity index (χ3n) is 4.44. The van der Waals surface area contributed by atoms with Crippen LogP contribution in [0.4, 0.5) is 0 Å². The summed E-state index contributed by atoms with van der Waals surface area (Å²) >= 11 is 0. The number of allylic oxidation sites excluding steroid dienone is 8. The molecule has 7 nitrogen and oxygen atoms in total. The van der Waals surface area contributed by atoms with Gasteiger partial charge >= 0.3 is 5.66 Å². The number of hydrogen-bond donors (Lipinski definition) is 0. The van der Waals surface area contributed by atoms with Gasteiger partial charge in [0.15, 0.2) is 0 Å². The van der Waals surface area contributed by atoms with Crippen molar-refractivity contribution in [2.75, 3.05) is 0 Å². The standard InChI is InChI=1S/C22H34N2O5/c1-2-3-4-5-6-7-8-9-10-11-12-13-14-15-16-17-18-19-20-22(21-25,23(26)27)24(28)29/h6-7,9-10,12-13,15-16,21H,2-5,8,11,14,17-20H2,1H3. The van der Waals surface area contributed by atoms with Crippen LogP contribution >= 0.6 is 0 Å². The van der Waals surface area contributed by atoms with E-state index in [9.17, 15) is 25.0 Å². The highest BCUT2D eigenvalue weighted by Crippen LogP contribution is 2.18. The van der Waals surface area contributed by atoms with Gasteiger partial charge in [-0.15, -0.1) is 0 Å². The highest BCUT2D eigenvalue weighted by molar-refractivity contribution is 5.59. The van der Waals surface area contributed by atoms with Crippen molar-refractivity contribution in [1.29, 1.82) is 0 Å². The van der Waals surface area contributed by atoms with Crippen molar-refractivity contribution in [1.82, 2.24) is 0 Å². The molecule has 0 aliphatic carbocycles. The molecule has 0 saturated carbocycles. The van der Waals surface area contributed by atoms with Gasteiger partial charge in [-0.1, -0.05) is 68.4 Å². The number of carbonyl (C=O) groups excluding carboxylic acids is 1. The lowest BCUT2D eigenvalue weighted by Crippen LogP contribution is -2.47. The van der Waals surface area contributed by atoms with Crippen LogP contribution in [0.15, 0.2) is 48.6 Å². The molecule has 0 aromatic carbocycles. The first-order valence-electron chi connectivity index (χ1n) is 10.4. The lowest BCUT2D eigenvalue weighted by Gasteiger charge is -2.10. The van der Waals surface area contributed by atoms with Gasteiger partial charge in [0.25, 0.3) is 6.29 Å². The van der Waals surface area contributed by atoms with Crippen LogP contribution in [0.1, 0.15) is 77.6 Å². The van der Waals surface area contributed by atoms with Crippen LogP contribution in [0.25, 0.3) is 0 Å². The third-order valence-corrected chi connectivity index (χ3v) is 4.44. The van der Waals surface area contributed by atoms with E-state index in [0.29, 0.717) is 12.8 Å². The molecule has 0 saturated heterocycles. The second kappa shape index (κ2) is 17.5. The lowest BCUT2D eigenvalue weighted by atomic mass is 10.0. The van der Waals surface area contributed by atoms with E-state index in [2.05, 4.69) is 43.4 Å². The van der Waals surface area contributed by atoms with Crippen molar-refractivity contribution in [3.63, 3.8) is 0 Å². The van der Waals surface area contributed by atoms with Crippen molar-refractivity contribution in [3.8, 4) is 0 Å². The predicted molar refractivity (Wildman–Crippen MR) is 116 cm³/mol. The van der Waals surface area contributed by atoms with Crippen LogP contribution in [0.2, 0.25) is 0 Å². The highest BCUT2D eigenvalue weighted by Gasteiger charge is 2.55. The average Bonchev–Trinajstić information content (AvgIpc) is 2.69. The Kier molecular flexibility index (Phi) is 16.0. The molecule has 0 spiro atoms. The van der Waals surface area contributed by atoms with E-state index in [-0.39, 0.29) is 19.1 Å². The lowest BCUT2D eigenvalue weighted by molar-refractivity contribution is -0.774. The van der Waals surface area contributed by atoms with Gasteiger partial charge in [-0.3, -0.25) is 25.0 Å². The van der Waals surface area contributed by atoms with Gasteiger partial charge in [-0.2, -0.15) is 0 Å². The number of carbonyl (C=O) groups is 1. The third kappa shape index (κ3) is 12.5. The Balaban J connectivity index is 3.81. The Morgan fingerprint density at radius 2 is 1.10 bits per heavy atom. The fourth-order valence-corrected chi connectivity index (χ4v) is 2.60. The maximum atomic E-state index is 10.8. The molecule has 0 heterocycles. The van der Waals surface area contributed by atoms with Crippen LogP contribution in [-0.4, -0.2) is 21.8 Å². The molecule has 0 fully saturated rings. The van der Waals surface area contributed by atoms with E-state index in [0.717, 1.165) is 25.7 Å². The Labute approximate surface area is 173 Å². The molecule has 0 radical (unpaired) electrons. The minimum Gasteiger partial charge on any atom is -0.287 e. The molecule has 0 amide bonds. The van der Waals surface area contributed by atoms with E-state index in [1.165, 1.54) is 19.3 Å². The normalized spacial score (nSPS) is 12.6. The zero-order valence-corrected chi connectivity index (χ0v) is 17.4. The molecule has 0 unspecified atom stereocenters. The van der Waals surface area contributed by atoms with Gasteiger partial charge in [0.1, 0.15) is 9.85 Å². The summed E-state index contributed by atoms with van der Waals surface area (Å²) in [6, 6.07) is 0. The number of aldehydes is 1. The summed E-state index contributed by atoms with van der Waals surface area (Å²) < 4.78 is 0. The summed E-state index contributed by atoms with van der Waals surface area (Å²) in [6.45, 7) is 2.21. The molecule has 0 rings (SSSR count). The van der Waals surface area contributed by atoms with Gasteiger partial charge < -0.3 is 0 Å². The van der Waals surface area contributed by atoms with E-state index in [4.69, 9.17) is 0 Å². The number of rotatable bonds is 18. The topological polar surface area (TPSA) is 103 Å². The van der Waals surface area contributed by atoms with Crippen LogP contribution in [0, 0.1) is 20.2 Å². The Morgan fingerprint density at radius 3 is 1.48 bits per heavy atom. The van der Waals surface area contributed by atoms with Crippen LogP contribution in [0.5, 0.6) is 0 Å². The quantitative estimate of drug-likeness (QED) is 0.0696. The summed E-state index contributed by atoms with van der Waals surface area (Å²) in [5, 5.41) is 21.6. The first-order valence-corrected chi connectivity index (χ1v) is 10.4. The van der Waals surface area contributed by atoms with Gasteiger partial charge in [0.2, 0.25) is 0 Å². The SMILES string of the molecule is CCCCCC=CCC=CCC=CCC=CCCCCC(C=O)([N+](=O)[O-])[N+](=O)[O-]. The summed E-state index contributed by atoms with van der Waals surface area (Å²) in [5.74, 6) is 0. The number of nitrogens with zero attached hydrogens (tertiary/aromatic N) is 2. The first-order chi connectivity index (χ1) is 14.0. The molecule has 29 heavy (non-hydrogen) atoms. The molecule has 0 aliphatic rings. The number of hydrogen-bond acceptors (Lipinski definition) is 5. The fraction of sp³-hybridized carbons (Fsp3) is 0.591. The van der Waals surface area contributed by atoms with E-state index in [1.54, 1.807) is 0 Å². The first kappa shape index (κ1) is 26.4. The summed E-state index contributed by atoms with van der Waals surface area (Å²) in [5.41, 5.74) is -2.70. The van der Waals surface area contributed by atoms with Crippen molar-refractivity contribution in [2.45, 2.75) is 83.2 Å². The van der Waals surface area contributed by atoms with Crippen LogP contribution in [-0.2, 0) is 4.79 Å². The molecule has 0 aliphatic heterocycles. The molecule has 162 valence electrons. The van der Waals surface area contributed by atoms with E-state index < -0.39 is 15.5 Å². The monoisotopic (exact) mass is 406 g/mol. The van der Waals surface area contributed by atoms with Crippen molar-refractivity contribution >= 4 is 6.29 Å². The molecular formula is C22H34N2O5. The summed E-state index contributed by atoms with van der Waals surface area (Å²) in [6.07, 6.45) is 25.4. The van der Waals surface area contributed by atoms with Gasteiger partial charge in [-0.05, 0) is 51.4 Å². The maximum Gasteiger partial charge on any atom is 0.512 e. The molecule has 0 bridgehead atoms. The zero-order valence-electron chi connectivity index (χ0n) is 17.4. The summed E-state index contributed by atoms with van der Waals surface area (Å²) in [7, 11) is 0. The fourth-order valence-electron chi connectivity index (χ4n) is 2.60. The highest BCUT2D eigenvalue weighted by atomic mass is 16.7. The molecule has 0 aromatic heterocycles. The number of nitro groups is 2. The van der Waals surface area contributed by atoms with Gasteiger partial charge in [0.05, 0.1) is 6.42 Å². The largest absolute Gasteiger partial charge is 0.512 e. The number of unbranched alkanes of at least 4 members (excludes halogenated alkanes) is 5. The second-order valence-electron chi connectivity index (χ2n) is 6.84. The predicted octanol–water partition coefficient (Wildman–Crippen LogP) is 5.97. The average molecular weight is 407 g/mol.